The van der Waals surface area contributed by atoms with Crippen molar-refractivity contribution in [1.29, 1.82) is 0 Å². The topological polar surface area (TPSA) is 70.8 Å². The number of nitrogens with zero attached hydrogens (tertiary/aromatic N) is 1. The molecule has 3 aromatic rings. The summed E-state index contributed by atoms with van der Waals surface area (Å²) in [5.41, 5.74) is 2.33. The van der Waals surface area contributed by atoms with Crippen LogP contribution in [0.2, 0.25) is 0 Å². The minimum Gasteiger partial charge on any atom is -0.480 e. The van der Waals surface area contributed by atoms with Gasteiger partial charge in [-0.25, -0.2) is 0 Å². The van der Waals surface area contributed by atoms with E-state index in [1.807, 2.05) is 42.5 Å². The normalized spacial score (nSPS) is 16.5. The average molecular weight is 369 g/mol. The van der Waals surface area contributed by atoms with Crippen molar-refractivity contribution < 1.29 is 19.1 Å². The molecule has 0 saturated carbocycles. The predicted octanol–water partition coefficient (Wildman–Crippen LogP) is 3.87. The van der Waals surface area contributed by atoms with E-state index >= 15 is 0 Å². The van der Waals surface area contributed by atoms with Crippen LogP contribution in [0.15, 0.2) is 51.8 Å². The fraction of sp³-hybridized carbons (Fsp3) is 0.0556. The van der Waals surface area contributed by atoms with Crippen LogP contribution >= 0.6 is 24.0 Å². The number of hydrogen-bond acceptors (Lipinski definition) is 5. The number of carboxylic acids is 1. The quantitative estimate of drug-likeness (QED) is 0.558. The van der Waals surface area contributed by atoms with Crippen molar-refractivity contribution in [3.63, 3.8) is 0 Å². The summed E-state index contributed by atoms with van der Waals surface area (Å²) in [4.78, 5) is 24.7. The second-order valence-electron chi connectivity index (χ2n) is 5.52. The third kappa shape index (κ3) is 2.81. The van der Waals surface area contributed by atoms with Crippen LogP contribution in [0.1, 0.15) is 5.56 Å². The minimum atomic E-state index is -1.10. The number of carbonyl (C=O) groups is 2. The molecule has 2 heterocycles. The molecule has 1 N–H and O–H groups in total. The third-order valence-electron chi connectivity index (χ3n) is 3.87. The van der Waals surface area contributed by atoms with Crippen molar-refractivity contribution in [2.24, 2.45) is 0 Å². The molecule has 7 heteroatoms. The number of para-hydroxylation sites is 1. The van der Waals surface area contributed by atoms with Gasteiger partial charge in [0.15, 0.2) is 0 Å². The zero-order valence-corrected chi connectivity index (χ0v) is 14.4. The predicted molar refractivity (Wildman–Crippen MR) is 101 cm³/mol. The van der Waals surface area contributed by atoms with E-state index in [4.69, 9.17) is 21.7 Å². The highest BCUT2D eigenvalue weighted by molar-refractivity contribution is 8.26. The molecular formula is C18H11NO4S2. The first kappa shape index (κ1) is 15.9. The Labute approximate surface area is 151 Å². The lowest BCUT2D eigenvalue weighted by molar-refractivity contribution is -0.140. The van der Waals surface area contributed by atoms with Crippen molar-refractivity contribution in [2.75, 3.05) is 6.54 Å². The van der Waals surface area contributed by atoms with E-state index in [9.17, 15) is 9.59 Å². The summed E-state index contributed by atoms with van der Waals surface area (Å²) in [6, 6.07) is 13.5. The van der Waals surface area contributed by atoms with Crippen molar-refractivity contribution in [1.82, 2.24) is 4.90 Å². The zero-order chi connectivity index (χ0) is 17.6. The monoisotopic (exact) mass is 369 g/mol. The maximum absolute atomic E-state index is 12.3. The minimum absolute atomic E-state index is 0.253. The van der Waals surface area contributed by atoms with Gasteiger partial charge in [-0.05, 0) is 29.8 Å². The molecule has 1 saturated heterocycles. The Morgan fingerprint density at radius 1 is 1.20 bits per heavy atom. The molecule has 0 atom stereocenters. The smallest absolute Gasteiger partial charge is 0.323 e. The van der Waals surface area contributed by atoms with E-state index in [0.29, 0.717) is 4.91 Å². The SMILES string of the molecule is O=C(O)CN1C(=O)C(=Cc2ccc3c(c2)oc2ccccc23)SC1=S. The second-order valence-corrected chi connectivity index (χ2v) is 7.19. The molecule has 124 valence electrons. The Kier molecular flexibility index (Phi) is 3.82. The van der Waals surface area contributed by atoms with Crippen LogP contribution in [0.3, 0.4) is 0 Å². The van der Waals surface area contributed by atoms with Gasteiger partial charge in [0.05, 0.1) is 4.91 Å². The molecule has 5 nitrogen and oxygen atoms in total. The third-order valence-corrected chi connectivity index (χ3v) is 5.25. The molecular weight excluding hydrogens is 358 g/mol. The Balaban J connectivity index is 1.71. The summed E-state index contributed by atoms with van der Waals surface area (Å²) < 4.78 is 6.10. The van der Waals surface area contributed by atoms with Crippen LogP contribution in [0, 0.1) is 0 Å². The largest absolute Gasteiger partial charge is 0.480 e. The molecule has 0 unspecified atom stereocenters. The maximum Gasteiger partial charge on any atom is 0.323 e. The van der Waals surface area contributed by atoms with Crippen LogP contribution in [-0.4, -0.2) is 32.7 Å². The number of amides is 1. The first-order valence-corrected chi connectivity index (χ1v) is 8.64. The molecule has 1 amide bonds. The van der Waals surface area contributed by atoms with Gasteiger partial charge in [0.25, 0.3) is 5.91 Å². The number of benzene rings is 2. The molecule has 0 bridgehead atoms. The lowest BCUT2D eigenvalue weighted by atomic mass is 10.1. The van der Waals surface area contributed by atoms with Crippen molar-refractivity contribution >= 4 is 68.2 Å². The average Bonchev–Trinajstić information content (AvgIpc) is 3.07. The highest BCUT2D eigenvalue weighted by Gasteiger charge is 2.33. The maximum atomic E-state index is 12.3. The Morgan fingerprint density at radius 3 is 2.76 bits per heavy atom. The van der Waals surface area contributed by atoms with Gasteiger partial charge in [-0.2, -0.15) is 0 Å². The lowest BCUT2D eigenvalue weighted by Gasteiger charge is -2.10. The summed E-state index contributed by atoms with van der Waals surface area (Å²) in [5.74, 6) is -1.48. The van der Waals surface area contributed by atoms with Gasteiger partial charge >= 0.3 is 5.97 Å². The second kappa shape index (κ2) is 6.02. The fourth-order valence-corrected chi connectivity index (χ4v) is 4.01. The molecule has 1 fully saturated rings. The number of aliphatic carboxylic acids is 1. The van der Waals surface area contributed by atoms with Gasteiger partial charge in [0.1, 0.15) is 22.0 Å². The molecule has 1 aliphatic heterocycles. The van der Waals surface area contributed by atoms with E-state index in [-0.39, 0.29) is 10.2 Å². The van der Waals surface area contributed by atoms with Crippen molar-refractivity contribution in [3.05, 3.63) is 52.9 Å². The molecule has 0 aliphatic carbocycles. The van der Waals surface area contributed by atoms with Gasteiger partial charge in [0.2, 0.25) is 0 Å². The summed E-state index contributed by atoms with van der Waals surface area (Å²) in [5, 5.41) is 10.9. The van der Waals surface area contributed by atoms with Gasteiger partial charge < -0.3 is 9.52 Å². The van der Waals surface area contributed by atoms with E-state index in [0.717, 1.165) is 44.2 Å². The number of fused-ring (bicyclic) bond motifs is 3. The van der Waals surface area contributed by atoms with Crippen molar-refractivity contribution in [2.45, 2.75) is 0 Å². The summed E-state index contributed by atoms with van der Waals surface area (Å²) in [6.07, 6.45) is 1.70. The van der Waals surface area contributed by atoms with E-state index < -0.39 is 12.5 Å². The van der Waals surface area contributed by atoms with Crippen LogP contribution in [0.4, 0.5) is 0 Å². The van der Waals surface area contributed by atoms with Crippen LogP contribution in [0.25, 0.3) is 28.0 Å². The molecule has 2 aromatic carbocycles. The number of thiocarbonyl (C=S) groups is 1. The molecule has 1 aromatic heterocycles. The van der Waals surface area contributed by atoms with Gasteiger partial charge in [0, 0.05) is 10.8 Å². The Hall–Kier alpha value is -2.64. The summed E-state index contributed by atoms with van der Waals surface area (Å²) >= 11 is 6.20. The molecule has 0 radical (unpaired) electrons. The van der Waals surface area contributed by atoms with E-state index in [2.05, 4.69) is 0 Å². The molecule has 0 spiro atoms. The standard InChI is InChI=1S/C18H11NO4S2/c20-16(21)9-19-17(22)15(25-18(19)24)8-10-5-6-12-11-3-1-2-4-13(11)23-14(12)7-10/h1-8H,9H2,(H,20,21). The number of rotatable bonds is 3. The number of thioether (sulfide) groups is 1. The zero-order valence-electron chi connectivity index (χ0n) is 12.8. The number of carbonyl (C=O) groups excluding carboxylic acids is 1. The fourth-order valence-electron chi connectivity index (χ4n) is 2.76. The first-order valence-electron chi connectivity index (χ1n) is 7.41. The van der Waals surface area contributed by atoms with E-state index in [1.54, 1.807) is 6.08 Å². The van der Waals surface area contributed by atoms with E-state index in [1.165, 1.54) is 0 Å². The number of hydrogen-bond donors (Lipinski definition) is 1. The van der Waals surface area contributed by atoms with Gasteiger partial charge in [-0.1, -0.05) is 48.2 Å². The number of furan rings is 1. The van der Waals surface area contributed by atoms with Crippen LogP contribution in [0.5, 0.6) is 0 Å². The highest BCUT2D eigenvalue weighted by atomic mass is 32.2. The molecule has 25 heavy (non-hydrogen) atoms. The molecule has 4 rings (SSSR count). The van der Waals surface area contributed by atoms with Crippen molar-refractivity contribution in [3.8, 4) is 0 Å². The van der Waals surface area contributed by atoms with Crippen LogP contribution < -0.4 is 0 Å². The van der Waals surface area contributed by atoms with Gasteiger partial charge in [-0.15, -0.1) is 0 Å². The first-order chi connectivity index (χ1) is 12.0. The lowest BCUT2D eigenvalue weighted by Crippen LogP contribution is -2.33. The summed E-state index contributed by atoms with van der Waals surface area (Å²) in [6.45, 7) is -0.426. The number of carboxylic acid groups (broad SMARTS) is 1. The Bertz CT molecular complexity index is 1080. The summed E-state index contributed by atoms with van der Waals surface area (Å²) in [7, 11) is 0. The van der Waals surface area contributed by atoms with Gasteiger partial charge in [-0.3, -0.25) is 14.5 Å². The highest BCUT2D eigenvalue weighted by Crippen LogP contribution is 2.34. The van der Waals surface area contributed by atoms with Crippen LogP contribution in [-0.2, 0) is 9.59 Å². The molecule has 1 aliphatic rings. The Morgan fingerprint density at radius 2 is 1.96 bits per heavy atom.